The third kappa shape index (κ3) is 2.79. The number of rotatable bonds is 4. The van der Waals surface area contributed by atoms with Gasteiger partial charge >= 0.3 is 5.76 Å². The normalized spacial score (nSPS) is 11.0. The molecule has 0 aliphatic rings. The van der Waals surface area contributed by atoms with Gasteiger partial charge in [0.15, 0.2) is 0 Å². The van der Waals surface area contributed by atoms with Crippen LogP contribution in [0.2, 0.25) is 0 Å². The summed E-state index contributed by atoms with van der Waals surface area (Å²) in [4.78, 5) is 16.9. The zero-order chi connectivity index (χ0) is 16.5. The van der Waals surface area contributed by atoms with E-state index in [0.717, 1.165) is 4.88 Å². The van der Waals surface area contributed by atoms with Crippen molar-refractivity contribution in [1.82, 2.24) is 14.8 Å². The maximum atomic E-state index is 13.3. The van der Waals surface area contributed by atoms with E-state index < -0.39 is 5.76 Å². The SMILES string of the molecule is O=c1oc(-c2cccs2)nn1Cc1coc(-c2cccc(F)c2)n1. The fourth-order valence-corrected chi connectivity index (χ4v) is 2.84. The van der Waals surface area contributed by atoms with E-state index in [9.17, 15) is 9.18 Å². The molecular formula is C16H10FN3O3S. The van der Waals surface area contributed by atoms with Crippen LogP contribution >= 0.6 is 11.3 Å². The number of benzene rings is 1. The molecule has 3 heterocycles. The van der Waals surface area contributed by atoms with Gasteiger partial charge in [0, 0.05) is 5.56 Å². The lowest BCUT2D eigenvalue weighted by molar-refractivity contribution is 0.493. The van der Waals surface area contributed by atoms with Crippen molar-refractivity contribution < 1.29 is 13.2 Å². The van der Waals surface area contributed by atoms with Crippen LogP contribution in [0.4, 0.5) is 4.39 Å². The van der Waals surface area contributed by atoms with E-state index in [2.05, 4.69) is 10.1 Å². The standard InChI is InChI=1S/C16H10FN3O3S/c17-11-4-1-3-10(7-11)14-18-12(9-22-14)8-20-16(21)23-15(19-20)13-5-2-6-24-13/h1-7,9H,8H2. The molecule has 3 aromatic heterocycles. The first kappa shape index (κ1) is 14.6. The van der Waals surface area contributed by atoms with Crippen LogP contribution in [0.1, 0.15) is 5.69 Å². The van der Waals surface area contributed by atoms with E-state index in [1.54, 1.807) is 12.1 Å². The first-order chi connectivity index (χ1) is 11.7. The molecule has 0 radical (unpaired) electrons. The summed E-state index contributed by atoms with van der Waals surface area (Å²) in [6.07, 6.45) is 1.41. The minimum Gasteiger partial charge on any atom is -0.444 e. The van der Waals surface area contributed by atoms with Crippen molar-refractivity contribution in [3.63, 3.8) is 0 Å². The Morgan fingerprint density at radius 3 is 2.92 bits per heavy atom. The predicted molar refractivity (Wildman–Crippen MR) is 85.1 cm³/mol. The highest BCUT2D eigenvalue weighted by atomic mass is 32.1. The average molecular weight is 343 g/mol. The molecule has 0 N–H and O–H groups in total. The van der Waals surface area contributed by atoms with Crippen molar-refractivity contribution in [2.24, 2.45) is 0 Å². The molecule has 0 bridgehead atoms. The van der Waals surface area contributed by atoms with E-state index in [1.807, 2.05) is 17.5 Å². The number of aromatic nitrogens is 3. The van der Waals surface area contributed by atoms with Crippen LogP contribution in [0.3, 0.4) is 0 Å². The van der Waals surface area contributed by atoms with E-state index in [4.69, 9.17) is 8.83 Å². The fourth-order valence-electron chi connectivity index (χ4n) is 2.19. The molecule has 0 saturated carbocycles. The minimum atomic E-state index is -0.575. The van der Waals surface area contributed by atoms with E-state index >= 15 is 0 Å². The average Bonchev–Trinajstić information content (AvgIpc) is 3.30. The molecule has 4 rings (SSSR count). The van der Waals surface area contributed by atoms with Crippen molar-refractivity contribution in [2.75, 3.05) is 0 Å². The summed E-state index contributed by atoms with van der Waals surface area (Å²) in [6, 6.07) is 9.60. The van der Waals surface area contributed by atoms with E-state index in [-0.39, 0.29) is 24.1 Å². The molecule has 0 aliphatic carbocycles. The third-order valence-corrected chi connectivity index (χ3v) is 4.13. The number of oxazole rings is 1. The lowest BCUT2D eigenvalue weighted by Crippen LogP contribution is -2.16. The van der Waals surface area contributed by atoms with Gasteiger partial charge in [-0.2, -0.15) is 4.68 Å². The van der Waals surface area contributed by atoms with E-state index in [1.165, 1.54) is 34.4 Å². The zero-order valence-corrected chi connectivity index (χ0v) is 13.0. The molecule has 4 aromatic rings. The number of hydrogen-bond donors (Lipinski definition) is 0. The largest absolute Gasteiger partial charge is 0.444 e. The maximum absolute atomic E-state index is 13.3. The summed E-state index contributed by atoms with van der Waals surface area (Å²) in [7, 11) is 0. The van der Waals surface area contributed by atoms with Crippen LogP contribution in [0.25, 0.3) is 22.2 Å². The van der Waals surface area contributed by atoms with E-state index in [0.29, 0.717) is 11.3 Å². The predicted octanol–water partition coefficient (Wildman–Crippen LogP) is 3.41. The van der Waals surface area contributed by atoms with Crippen molar-refractivity contribution in [3.05, 3.63) is 70.1 Å². The van der Waals surface area contributed by atoms with Gasteiger partial charge in [-0.05, 0) is 29.6 Å². The van der Waals surface area contributed by atoms with Gasteiger partial charge in [-0.15, -0.1) is 16.4 Å². The topological polar surface area (TPSA) is 74.1 Å². The first-order valence-corrected chi connectivity index (χ1v) is 7.89. The molecule has 0 spiro atoms. The van der Waals surface area contributed by atoms with Gasteiger partial charge in [-0.3, -0.25) is 0 Å². The third-order valence-electron chi connectivity index (χ3n) is 3.27. The van der Waals surface area contributed by atoms with Crippen LogP contribution in [-0.2, 0) is 6.54 Å². The van der Waals surface area contributed by atoms with Gasteiger partial charge in [0.2, 0.25) is 5.89 Å². The van der Waals surface area contributed by atoms with Crippen LogP contribution in [0.5, 0.6) is 0 Å². The minimum absolute atomic E-state index is 0.104. The smallest absolute Gasteiger partial charge is 0.437 e. The molecule has 0 aliphatic heterocycles. The fraction of sp³-hybridized carbons (Fsp3) is 0.0625. The Labute approximate surface area is 138 Å². The van der Waals surface area contributed by atoms with Gasteiger partial charge in [0.25, 0.3) is 5.89 Å². The van der Waals surface area contributed by atoms with Crippen LogP contribution < -0.4 is 5.76 Å². The Kier molecular flexibility index (Phi) is 3.58. The summed E-state index contributed by atoms with van der Waals surface area (Å²) in [5.41, 5.74) is 1.01. The van der Waals surface area contributed by atoms with Crippen molar-refractivity contribution in [1.29, 1.82) is 0 Å². The summed E-state index contributed by atoms with van der Waals surface area (Å²) in [5, 5.41) is 6.02. The number of nitrogens with zero attached hydrogens (tertiary/aromatic N) is 3. The van der Waals surface area contributed by atoms with Crippen LogP contribution in [0, 0.1) is 5.82 Å². The molecule has 120 valence electrons. The van der Waals surface area contributed by atoms with Crippen molar-refractivity contribution in [2.45, 2.75) is 6.54 Å². The highest BCUT2D eigenvalue weighted by Crippen LogP contribution is 2.22. The van der Waals surface area contributed by atoms with Gasteiger partial charge in [0.05, 0.1) is 11.4 Å². The molecular weight excluding hydrogens is 333 g/mol. The summed E-state index contributed by atoms with van der Waals surface area (Å²) in [6.45, 7) is 0.104. The molecule has 0 atom stereocenters. The lowest BCUT2D eigenvalue weighted by atomic mass is 10.2. The second-order valence-electron chi connectivity index (χ2n) is 4.96. The second-order valence-corrected chi connectivity index (χ2v) is 5.91. The highest BCUT2D eigenvalue weighted by molar-refractivity contribution is 7.13. The molecule has 0 fully saturated rings. The summed E-state index contributed by atoms with van der Waals surface area (Å²) >= 11 is 1.43. The van der Waals surface area contributed by atoms with Gasteiger partial charge in [-0.1, -0.05) is 12.1 Å². The lowest BCUT2D eigenvalue weighted by Gasteiger charge is -1.95. The quantitative estimate of drug-likeness (QED) is 0.568. The van der Waals surface area contributed by atoms with Crippen molar-refractivity contribution >= 4 is 11.3 Å². The summed E-state index contributed by atoms with van der Waals surface area (Å²) in [5.74, 6) is -0.405. The number of halogens is 1. The Morgan fingerprint density at radius 1 is 1.21 bits per heavy atom. The second kappa shape index (κ2) is 5.89. The van der Waals surface area contributed by atoms with Crippen LogP contribution in [-0.4, -0.2) is 14.8 Å². The molecule has 0 amide bonds. The number of hydrogen-bond acceptors (Lipinski definition) is 6. The first-order valence-electron chi connectivity index (χ1n) is 7.01. The molecule has 6 nitrogen and oxygen atoms in total. The van der Waals surface area contributed by atoms with Crippen molar-refractivity contribution in [3.8, 4) is 22.2 Å². The molecule has 0 saturated heterocycles. The highest BCUT2D eigenvalue weighted by Gasteiger charge is 2.14. The molecule has 0 unspecified atom stereocenters. The Hall–Kier alpha value is -3.00. The Balaban J connectivity index is 1.60. The molecule has 24 heavy (non-hydrogen) atoms. The monoisotopic (exact) mass is 343 g/mol. The number of thiophene rings is 1. The summed E-state index contributed by atoms with van der Waals surface area (Å²) < 4.78 is 24.9. The van der Waals surface area contributed by atoms with Gasteiger partial charge in [-0.25, -0.2) is 14.2 Å². The van der Waals surface area contributed by atoms with Gasteiger partial charge in [0.1, 0.15) is 17.8 Å². The zero-order valence-electron chi connectivity index (χ0n) is 12.2. The van der Waals surface area contributed by atoms with Crippen LogP contribution in [0.15, 0.2) is 61.7 Å². The Morgan fingerprint density at radius 2 is 2.12 bits per heavy atom. The Bertz CT molecular complexity index is 1030. The maximum Gasteiger partial charge on any atom is 0.437 e. The molecule has 1 aromatic carbocycles. The van der Waals surface area contributed by atoms with Gasteiger partial charge < -0.3 is 8.83 Å². The molecule has 8 heteroatoms.